The fraction of sp³-hybridized carbons (Fsp3) is 0.176. The third-order valence-electron chi connectivity index (χ3n) is 2.97. The second kappa shape index (κ2) is 8.42. The Balaban J connectivity index is 2.02. The summed E-state index contributed by atoms with van der Waals surface area (Å²) < 4.78 is 0. The number of carbonyl (C=O) groups is 2. The average molecular weight is 383 g/mol. The van der Waals surface area contributed by atoms with Gasteiger partial charge in [-0.1, -0.05) is 29.3 Å². The van der Waals surface area contributed by atoms with Gasteiger partial charge < -0.3 is 10.6 Å². The second-order valence-electron chi connectivity index (χ2n) is 5.12. The summed E-state index contributed by atoms with van der Waals surface area (Å²) in [5.74, 6) is -0.302. The second-order valence-corrected chi connectivity index (χ2v) is 7.40. The lowest BCUT2D eigenvalue weighted by atomic mass is 10.3. The van der Waals surface area contributed by atoms with E-state index in [2.05, 4.69) is 10.6 Å². The third kappa shape index (κ3) is 5.74. The summed E-state index contributed by atoms with van der Waals surface area (Å²) in [4.78, 5) is 24.3. The molecular weight excluding hydrogens is 367 g/mol. The first-order chi connectivity index (χ1) is 11.3. The Kier molecular flexibility index (Phi) is 6.54. The van der Waals surface area contributed by atoms with Crippen molar-refractivity contribution >= 4 is 58.2 Å². The summed E-state index contributed by atoms with van der Waals surface area (Å²) in [6.45, 7) is 3.25. The monoisotopic (exact) mass is 382 g/mol. The maximum absolute atomic E-state index is 12.3. The lowest BCUT2D eigenvalue weighted by molar-refractivity contribution is -0.115. The zero-order valence-corrected chi connectivity index (χ0v) is 15.4. The molecule has 2 aromatic rings. The highest BCUT2D eigenvalue weighted by Crippen LogP contribution is 2.28. The molecule has 24 heavy (non-hydrogen) atoms. The predicted octanol–water partition coefficient (Wildman–Crippen LogP) is 5.07. The van der Waals surface area contributed by atoms with Gasteiger partial charge in [-0.15, -0.1) is 11.8 Å². The van der Waals surface area contributed by atoms with Crippen LogP contribution in [0.2, 0.25) is 10.0 Å². The molecule has 1 atom stereocenters. The number of rotatable bonds is 5. The van der Waals surface area contributed by atoms with Gasteiger partial charge in [-0.25, -0.2) is 0 Å². The van der Waals surface area contributed by atoms with E-state index in [-0.39, 0.29) is 17.1 Å². The number of anilines is 2. The molecule has 0 spiro atoms. The van der Waals surface area contributed by atoms with Crippen LogP contribution in [0.25, 0.3) is 0 Å². The molecule has 0 heterocycles. The molecule has 0 fully saturated rings. The minimum atomic E-state index is -0.338. The standard InChI is InChI=1S/C17H16Cl2N2O2S/c1-10(17(23)21-15-7-12(18)6-13(19)8-15)24-16-5-3-4-14(9-16)20-11(2)22/h3-10H,1-2H3,(H,20,22)(H,21,23). The van der Waals surface area contributed by atoms with Gasteiger partial charge >= 0.3 is 0 Å². The molecule has 0 bridgehead atoms. The predicted molar refractivity (Wildman–Crippen MR) is 101 cm³/mol. The van der Waals surface area contributed by atoms with Crippen molar-refractivity contribution < 1.29 is 9.59 Å². The van der Waals surface area contributed by atoms with E-state index in [1.165, 1.54) is 18.7 Å². The minimum Gasteiger partial charge on any atom is -0.326 e. The maximum Gasteiger partial charge on any atom is 0.237 e. The van der Waals surface area contributed by atoms with Crippen molar-refractivity contribution in [1.29, 1.82) is 0 Å². The number of benzene rings is 2. The smallest absolute Gasteiger partial charge is 0.237 e. The summed E-state index contributed by atoms with van der Waals surface area (Å²) in [7, 11) is 0. The quantitative estimate of drug-likeness (QED) is 0.709. The van der Waals surface area contributed by atoms with Crippen molar-refractivity contribution in [2.24, 2.45) is 0 Å². The van der Waals surface area contributed by atoms with Crippen LogP contribution in [0.3, 0.4) is 0 Å². The van der Waals surface area contributed by atoms with E-state index in [1.807, 2.05) is 18.2 Å². The number of nitrogens with one attached hydrogen (secondary N) is 2. The van der Waals surface area contributed by atoms with Crippen molar-refractivity contribution in [2.75, 3.05) is 10.6 Å². The molecule has 0 saturated carbocycles. The van der Waals surface area contributed by atoms with Gasteiger partial charge in [-0.3, -0.25) is 9.59 Å². The Morgan fingerprint density at radius 2 is 1.67 bits per heavy atom. The van der Waals surface area contributed by atoms with E-state index in [1.54, 1.807) is 31.2 Å². The van der Waals surface area contributed by atoms with Crippen molar-refractivity contribution in [3.8, 4) is 0 Å². The molecular formula is C17H16Cl2N2O2S. The molecule has 2 aromatic carbocycles. The highest BCUT2D eigenvalue weighted by atomic mass is 35.5. The highest BCUT2D eigenvalue weighted by molar-refractivity contribution is 8.00. The minimum absolute atomic E-state index is 0.138. The number of carbonyl (C=O) groups excluding carboxylic acids is 2. The molecule has 2 amide bonds. The summed E-state index contributed by atoms with van der Waals surface area (Å²) in [5.41, 5.74) is 1.25. The van der Waals surface area contributed by atoms with Gasteiger partial charge in [0.1, 0.15) is 0 Å². The molecule has 0 aliphatic heterocycles. The number of hydrogen-bond acceptors (Lipinski definition) is 3. The van der Waals surface area contributed by atoms with Crippen LogP contribution in [0.15, 0.2) is 47.4 Å². The van der Waals surface area contributed by atoms with Crippen LogP contribution in [0.4, 0.5) is 11.4 Å². The first-order valence-electron chi connectivity index (χ1n) is 7.15. The summed E-state index contributed by atoms with van der Waals surface area (Å²) >= 11 is 13.2. The van der Waals surface area contributed by atoms with Gasteiger partial charge in [-0.2, -0.15) is 0 Å². The Bertz CT molecular complexity index is 748. The number of hydrogen-bond donors (Lipinski definition) is 2. The fourth-order valence-electron chi connectivity index (χ4n) is 1.98. The lowest BCUT2D eigenvalue weighted by Crippen LogP contribution is -2.22. The van der Waals surface area contributed by atoms with Gasteiger partial charge in [0.25, 0.3) is 0 Å². The van der Waals surface area contributed by atoms with Crippen LogP contribution < -0.4 is 10.6 Å². The Hall–Kier alpha value is -1.69. The number of amides is 2. The van der Waals surface area contributed by atoms with Gasteiger partial charge in [-0.05, 0) is 43.3 Å². The first-order valence-corrected chi connectivity index (χ1v) is 8.78. The van der Waals surface area contributed by atoms with E-state index in [0.717, 1.165) is 4.90 Å². The first kappa shape index (κ1) is 18.6. The van der Waals surface area contributed by atoms with Crippen molar-refractivity contribution in [3.05, 3.63) is 52.5 Å². The normalized spacial score (nSPS) is 11.7. The number of halogens is 2. The molecule has 2 N–H and O–H groups in total. The van der Waals surface area contributed by atoms with Crippen molar-refractivity contribution in [2.45, 2.75) is 24.0 Å². The van der Waals surface area contributed by atoms with E-state index in [9.17, 15) is 9.59 Å². The van der Waals surface area contributed by atoms with E-state index in [4.69, 9.17) is 23.2 Å². The molecule has 1 unspecified atom stereocenters. The molecule has 7 heteroatoms. The molecule has 0 radical (unpaired) electrons. The van der Waals surface area contributed by atoms with Crippen LogP contribution in [0.1, 0.15) is 13.8 Å². The summed E-state index contributed by atoms with van der Waals surface area (Å²) in [6.07, 6.45) is 0. The average Bonchev–Trinajstić information content (AvgIpc) is 2.45. The number of thioether (sulfide) groups is 1. The Labute approximate surface area is 154 Å². The van der Waals surface area contributed by atoms with Crippen LogP contribution >= 0.6 is 35.0 Å². The Morgan fingerprint density at radius 3 is 2.29 bits per heavy atom. The van der Waals surface area contributed by atoms with Gasteiger partial charge in [0.15, 0.2) is 0 Å². The summed E-state index contributed by atoms with van der Waals surface area (Å²) in [5, 5.41) is 6.09. The third-order valence-corrected chi connectivity index (χ3v) is 4.50. The maximum atomic E-state index is 12.3. The van der Waals surface area contributed by atoms with E-state index < -0.39 is 0 Å². The van der Waals surface area contributed by atoms with E-state index in [0.29, 0.717) is 21.4 Å². The van der Waals surface area contributed by atoms with Gasteiger partial charge in [0.05, 0.1) is 5.25 Å². The van der Waals surface area contributed by atoms with Crippen LogP contribution in [0, 0.1) is 0 Å². The van der Waals surface area contributed by atoms with Gasteiger partial charge in [0.2, 0.25) is 11.8 Å². The molecule has 4 nitrogen and oxygen atoms in total. The highest BCUT2D eigenvalue weighted by Gasteiger charge is 2.15. The van der Waals surface area contributed by atoms with Gasteiger partial charge in [0, 0.05) is 33.2 Å². The van der Waals surface area contributed by atoms with Crippen molar-refractivity contribution in [3.63, 3.8) is 0 Å². The lowest BCUT2D eigenvalue weighted by Gasteiger charge is -2.13. The molecule has 0 aromatic heterocycles. The molecule has 126 valence electrons. The Morgan fingerprint density at radius 1 is 1.00 bits per heavy atom. The molecule has 0 aliphatic carbocycles. The van der Waals surface area contributed by atoms with Crippen LogP contribution in [0.5, 0.6) is 0 Å². The SMILES string of the molecule is CC(=O)Nc1cccc(SC(C)C(=O)Nc2cc(Cl)cc(Cl)c2)c1. The van der Waals surface area contributed by atoms with Crippen molar-refractivity contribution in [1.82, 2.24) is 0 Å². The zero-order valence-electron chi connectivity index (χ0n) is 13.1. The van der Waals surface area contributed by atoms with Crippen LogP contribution in [-0.4, -0.2) is 17.1 Å². The zero-order chi connectivity index (χ0) is 17.7. The summed E-state index contributed by atoms with van der Waals surface area (Å²) in [6, 6.07) is 12.2. The molecule has 0 saturated heterocycles. The molecule has 2 rings (SSSR count). The topological polar surface area (TPSA) is 58.2 Å². The largest absolute Gasteiger partial charge is 0.326 e. The van der Waals surface area contributed by atoms with Crippen LogP contribution in [-0.2, 0) is 9.59 Å². The molecule has 0 aliphatic rings. The fourth-order valence-corrected chi connectivity index (χ4v) is 3.43. The van der Waals surface area contributed by atoms with E-state index >= 15 is 0 Å².